The van der Waals surface area contributed by atoms with Crippen molar-refractivity contribution in [1.82, 2.24) is 9.80 Å². The Balaban J connectivity index is 1.23. The van der Waals surface area contributed by atoms with Crippen molar-refractivity contribution in [2.45, 2.75) is 57.6 Å². The van der Waals surface area contributed by atoms with E-state index < -0.39 is 5.60 Å². The van der Waals surface area contributed by atoms with Crippen LogP contribution in [0.3, 0.4) is 0 Å². The summed E-state index contributed by atoms with van der Waals surface area (Å²) in [4.78, 5) is 29.2. The molecule has 192 valence electrons. The van der Waals surface area contributed by atoms with Gasteiger partial charge in [0.15, 0.2) is 0 Å². The van der Waals surface area contributed by atoms with Crippen LogP contribution < -0.4 is 0 Å². The van der Waals surface area contributed by atoms with E-state index in [1.165, 1.54) is 22.3 Å². The number of aliphatic hydroxyl groups excluding tert-OH is 1. The number of fused-ring (bicyclic) bond motifs is 3. The quantitative estimate of drug-likeness (QED) is 0.651. The highest BCUT2D eigenvalue weighted by atomic mass is 16.6. The van der Waals surface area contributed by atoms with Gasteiger partial charge < -0.3 is 24.4 Å². The van der Waals surface area contributed by atoms with Gasteiger partial charge in [-0.25, -0.2) is 9.59 Å². The Morgan fingerprint density at radius 3 is 2.11 bits per heavy atom. The van der Waals surface area contributed by atoms with Crippen LogP contribution in [0.2, 0.25) is 0 Å². The number of likely N-dealkylation sites (tertiary alicyclic amines) is 2. The highest BCUT2D eigenvalue weighted by Gasteiger charge is 2.48. The van der Waals surface area contributed by atoms with Crippen molar-refractivity contribution in [3.8, 4) is 11.1 Å². The van der Waals surface area contributed by atoms with E-state index in [4.69, 9.17) is 9.47 Å². The summed E-state index contributed by atoms with van der Waals surface area (Å²) in [6.45, 7) is 7.49. The second-order valence-corrected chi connectivity index (χ2v) is 11.4. The summed E-state index contributed by atoms with van der Waals surface area (Å²) in [6.07, 6.45) is 1.60. The third-order valence-corrected chi connectivity index (χ3v) is 7.87. The lowest BCUT2D eigenvalue weighted by Crippen LogP contribution is -2.46. The first-order valence-corrected chi connectivity index (χ1v) is 12.9. The molecule has 0 bridgehead atoms. The first kappa shape index (κ1) is 24.6. The summed E-state index contributed by atoms with van der Waals surface area (Å²) in [7, 11) is 0. The summed E-state index contributed by atoms with van der Waals surface area (Å²) in [5, 5.41) is 10.1. The first-order chi connectivity index (χ1) is 17.2. The Morgan fingerprint density at radius 2 is 1.56 bits per heavy atom. The molecule has 2 saturated heterocycles. The summed E-state index contributed by atoms with van der Waals surface area (Å²) >= 11 is 0. The molecule has 2 heterocycles. The topological polar surface area (TPSA) is 79.3 Å². The standard InChI is InChI=1S/C29H36N2O5/c1-28(2,3)36-26(33)30-14-12-29(13-15-30)16-20(17-32)31(19-29)27(34)35-18-25-23-10-6-4-8-21(23)22-9-5-7-11-24(22)25/h4-11,20,25,32H,12-19H2,1-3H3. The average Bonchev–Trinajstić information content (AvgIpc) is 3.38. The van der Waals surface area contributed by atoms with Crippen molar-refractivity contribution in [3.63, 3.8) is 0 Å². The fraction of sp³-hybridized carbons (Fsp3) is 0.517. The number of hydrogen-bond acceptors (Lipinski definition) is 5. The van der Waals surface area contributed by atoms with Gasteiger partial charge in [-0.1, -0.05) is 48.5 Å². The zero-order valence-corrected chi connectivity index (χ0v) is 21.4. The van der Waals surface area contributed by atoms with Crippen LogP contribution in [-0.2, 0) is 9.47 Å². The van der Waals surface area contributed by atoms with E-state index in [9.17, 15) is 14.7 Å². The maximum atomic E-state index is 13.3. The molecular formula is C29H36N2O5. The maximum absolute atomic E-state index is 13.3. The molecule has 0 aromatic heterocycles. The second-order valence-electron chi connectivity index (χ2n) is 11.4. The lowest BCUT2D eigenvalue weighted by molar-refractivity contribution is 0.0107. The molecule has 1 unspecified atom stereocenters. The predicted octanol–water partition coefficient (Wildman–Crippen LogP) is 5.02. The van der Waals surface area contributed by atoms with Crippen LogP contribution in [0.4, 0.5) is 9.59 Å². The molecule has 7 nitrogen and oxygen atoms in total. The Morgan fingerprint density at radius 1 is 0.972 bits per heavy atom. The second kappa shape index (κ2) is 9.43. The smallest absolute Gasteiger partial charge is 0.410 e. The van der Waals surface area contributed by atoms with Gasteiger partial charge in [-0.15, -0.1) is 0 Å². The summed E-state index contributed by atoms with van der Waals surface area (Å²) in [5.74, 6) is 0.00237. The number of amides is 2. The van der Waals surface area contributed by atoms with Crippen LogP contribution in [0.5, 0.6) is 0 Å². The molecule has 2 aromatic rings. The number of nitrogens with zero attached hydrogens (tertiary/aromatic N) is 2. The Kier molecular flexibility index (Phi) is 6.45. The van der Waals surface area contributed by atoms with Crippen molar-refractivity contribution >= 4 is 12.2 Å². The fourth-order valence-electron chi connectivity index (χ4n) is 6.07. The molecule has 36 heavy (non-hydrogen) atoms. The minimum atomic E-state index is -0.525. The number of rotatable bonds is 3. The Labute approximate surface area is 213 Å². The van der Waals surface area contributed by atoms with E-state index in [1.807, 2.05) is 45.0 Å². The van der Waals surface area contributed by atoms with Gasteiger partial charge in [0.2, 0.25) is 0 Å². The molecule has 2 amide bonds. The SMILES string of the molecule is CC(C)(C)OC(=O)N1CCC2(CC1)CC(CO)N(C(=O)OCC1c3ccccc3-c3ccccc31)C2. The van der Waals surface area contributed by atoms with Gasteiger partial charge in [0.1, 0.15) is 12.2 Å². The van der Waals surface area contributed by atoms with Gasteiger partial charge in [0.05, 0.1) is 12.6 Å². The van der Waals surface area contributed by atoms with E-state index in [-0.39, 0.29) is 42.8 Å². The number of aliphatic hydroxyl groups is 1. The molecule has 1 N–H and O–H groups in total. The van der Waals surface area contributed by atoms with Crippen molar-refractivity contribution in [2.24, 2.45) is 5.41 Å². The van der Waals surface area contributed by atoms with E-state index in [1.54, 1.807) is 9.80 Å². The van der Waals surface area contributed by atoms with Crippen LogP contribution >= 0.6 is 0 Å². The number of ether oxygens (including phenoxy) is 2. The predicted molar refractivity (Wildman–Crippen MR) is 137 cm³/mol. The third-order valence-electron chi connectivity index (χ3n) is 7.87. The lowest BCUT2D eigenvalue weighted by Gasteiger charge is -2.39. The summed E-state index contributed by atoms with van der Waals surface area (Å²) in [5.41, 5.74) is 4.11. The zero-order valence-electron chi connectivity index (χ0n) is 21.4. The molecular weight excluding hydrogens is 456 g/mol. The van der Waals surface area contributed by atoms with E-state index in [0.717, 1.165) is 19.3 Å². The maximum Gasteiger partial charge on any atom is 0.410 e. The molecule has 2 fully saturated rings. The van der Waals surface area contributed by atoms with E-state index in [0.29, 0.717) is 19.6 Å². The van der Waals surface area contributed by atoms with Gasteiger partial charge in [0.25, 0.3) is 0 Å². The Bertz CT molecular complexity index is 1090. The normalized spacial score (nSPS) is 20.8. The van der Waals surface area contributed by atoms with E-state index >= 15 is 0 Å². The van der Waals surface area contributed by atoms with Gasteiger partial charge in [-0.05, 0) is 67.7 Å². The van der Waals surface area contributed by atoms with Crippen LogP contribution in [0.15, 0.2) is 48.5 Å². The average molecular weight is 493 g/mol. The molecule has 0 saturated carbocycles. The van der Waals surface area contributed by atoms with Gasteiger partial charge in [0, 0.05) is 25.6 Å². The van der Waals surface area contributed by atoms with Gasteiger partial charge in [-0.3, -0.25) is 0 Å². The van der Waals surface area contributed by atoms with Crippen LogP contribution in [0.1, 0.15) is 57.1 Å². The molecule has 2 aromatic carbocycles. The first-order valence-electron chi connectivity index (χ1n) is 12.9. The van der Waals surface area contributed by atoms with Gasteiger partial charge in [-0.2, -0.15) is 0 Å². The van der Waals surface area contributed by atoms with Crippen LogP contribution in [0, 0.1) is 5.41 Å². The molecule has 2 aliphatic heterocycles. The van der Waals surface area contributed by atoms with Crippen molar-refractivity contribution in [2.75, 3.05) is 32.8 Å². The number of benzene rings is 2. The van der Waals surface area contributed by atoms with Crippen LogP contribution in [0.25, 0.3) is 11.1 Å². The van der Waals surface area contributed by atoms with Crippen LogP contribution in [-0.4, -0.2) is 71.6 Å². The molecule has 3 aliphatic rings. The summed E-state index contributed by atoms with van der Waals surface area (Å²) < 4.78 is 11.4. The molecule has 5 rings (SSSR count). The molecule has 1 aliphatic carbocycles. The number of carbonyl (C=O) groups is 2. The number of piperidine rings is 1. The largest absolute Gasteiger partial charge is 0.448 e. The number of hydrogen-bond donors (Lipinski definition) is 1. The van der Waals surface area contributed by atoms with Crippen molar-refractivity contribution < 1.29 is 24.2 Å². The highest BCUT2D eigenvalue weighted by Crippen LogP contribution is 2.46. The lowest BCUT2D eigenvalue weighted by atomic mass is 9.77. The van der Waals surface area contributed by atoms with Gasteiger partial charge >= 0.3 is 12.2 Å². The third kappa shape index (κ3) is 4.69. The minimum Gasteiger partial charge on any atom is -0.448 e. The van der Waals surface area contributed by atoms with E-state index in [2.05, 4.69) is 24.3 Å². The molecule has 1 spiro atoms. The van der Waals surface area contributed by atoms with Crippen molar-refractivity contribution in [3.05, 3.63) is 59.7 Å². The fourth-order valence-corrected chi connectivity index (χ4v) is 6.07. The monoisotopic (exact) mass is 492 g/mol. The Hall–Kier alpha value is -3.06. The highest BCUT2D eigenvalue weighted by molar-refractivity contribution is 5.79. The molecule has 0 radical (unpaired) electrons. The summed E-state index contributed by atoms with van der Waals surface area (Å²) in [6, 6.07) is 16.3. The number of carbonyl (C=O) groups excluding carboxylic acids is 2. The van der Waals surface area contributed by atoms with Crippen molar-refractivity contribution in [1.29, 1.82) is 0 Å². The zero-order chi connectivity index (χ0) is 25.5. The minimum absolute atomic E-state index is 0.00237. The molecule has 7 heteroatoms. The molecule has 1 atom stereocenters.